The Morgan fingerprint density at radius 2 is 1.68 bits per heavy atom. The van der Waals surface area contributed by atoms with Crippen LogP contribution in [0.3, 0.4) is 0 Å². The van der Waals surface area contributed by atoms with E-state index in [9.17, 15) is 9.59 Å². The molecular formula is C25H28N4O2. The Bertz CT molecular complexity index is 1400. The second-order valence-corrected chi connectivity index (χ2v) is 9.09. The van der Waals surface area contributed by atoms with Gasteiger partial charge in [0, 0.05) is 12.6 Å². The maximum Gasteiger partial charge on any atom is 0.329 e. The molecule has 1 fully saturated rings. The van der Waals surface area contributed by atoms with E-state index in [1.54, 1.807) is 4.57 Å². The van der Waals surface area contributed by atoms with E-state index >= 15 is 0 Å². The van der Waals surface area contributed by atoms with Crippen molar-refractivity contribution in [3.63, 3.8) is 0 Å². The van der Waals surface area contributed by atoms with Gasteiger partial charge in [0.25, 0.3) is 5.56 Å². The number of para-hydroxylation sites is 2. The zero-order valence-corrected chi connectivity index (χ0v) is 18.3. The minimum absolute atomic E-state index is 0.0160. The van der Waals surface area contributed by atoms with Crippen LogP contribution in [0.1, 0.15) is 50.5 Å². The molecule has 6 heteroatoms. The van der Waals surface area contributed by atoms with Gasteiger partial charge in [0.1, 0.15) is 5.82 Å². The minimum Gasteiger partial charge on any atom is -0.327 e. The Kier molecular flexibility index (Phi) is 4.80. The summed E-state index contributed by atoms with van der Waals surface area (Å²) in [5.74, 6) is 1.16. The number of fused-ring (bicyclic) bond motifs is 2. The number of aromatic nitrogens is 4. The maximum atomic E-state index is 13.4. The predicted molar refractivity (Wildman–Crippen MR) is 124 cm³/mol. The molecule has 31 heavy (non-hydrogen) atoms. The van der Waals surface area contributed by atoms with Gasteiger partial charge in [-0.2, -0.15) is 4.98 Å². The van der Waals surface area contributed by atoms with Crippen LogP contribution < -0.4 is 11.2 Å². The van der Waals surface area contributed by atoms with Crippen molar-refractivity contribution < 1.29 is 0 Å². The van der Waals surface area contributed by atoms with Gasteiger partial charge in [-0.3, -0.25) is 13.9 Å². The van der Waals surface area contributed by atoms with E-state index in [1.807, 2.05) is 54.0 Å². The van der Waals surface area contributed by atoms with E-state index in [4.69, 9.17) is 0 Å². The Hall–Kier alpha value is -3.15. The van der Waals surface area contributed by atoms with Gasteiger partial charge >= 0.3 is 5.69 Å². The van der Waals surface area contributed by atoms with Crippen molar-refractivity contribution in [2.24, 2.45) is 5.92 Å². The predicted octanol–water partition coefficient (Wildman–Crippen LogP) is 4.25. The van der Waals surface area contributed by atoms with Gasteiger partial charge < -0.3 is 4.57 Å². The van der Waals surface area contributed by atoms with Crippen molar-refractivity contribution in [1.82, 2.24) is 18.7 Å². The van der Waals surface area contributed by atoms with E-state index in [0.717, 1.165) is 47.9 Å². The van der Waals surface area contributed by atoms with E-state index in [-0.39, 0.29) is 23.8 Å². The zero-order valence-electron chi connectivity index (χ0n) is 18.3. The van der Waals surface area contributed by atoms with Crippen LogP contribution in [-0.4, -0.2) is 18.7 Å². The lowest BCUT2D eigenvalue weighted by Gasteiger charge is -2.18. The summed E-state index contributed by atoms with van der Waals surface area (Å²) in [5, 5.41) is 0.669. The number of hydrogen-bond donors (Lipinski definition) is 0. The normalized spacial score (nSPS) is 14.2. The van der Waals surface area contributed by atoms with Gasteiger partial charge in [0.05, 0.1) is 28.5 Å². The standard InChI is InChI=1S/C25H28N4O2/c1-16(2)13-14-27-21-10-6-7-17(3)23(21)24(30)26-22(27)15-28-19-8-4-5-9-20(19)29(25(28)31)18-11-12-18/h4-10,16,18H,11-15H2,1-3H3. The first-order chi connectivity index (χ1) is 15.0. The fourth-order valence-corrected chi connectivity index (χ4v) is 4.50. The molecule has 0 amide bonds. The minimum atomic E-state index is -0.220. The molecule has 2 heterocycles. The molecule has 6 nitrogen and oxygen atoms in total. The first kappa shape index (κ1) is 19.8. The van der Waals surface area contributed by atoms with Crippen LogP contribution in [0.15, 0.2) is 52.1 Å². The first-order valence-corrected chi connectivity index (χ1v) is 11.1. The molecular weight excluding hydrogens is 388 g/mol. The molecule has 5 rings (SSSR count). The number of benzene rings is 2. The highest BCUT2D eigenvalue weighted by molar-refractivity contribution is 5.82. The number of nitrogens with zero attached hydrogens (tertiary/aromatic N) is 4. The van der Waals surface area contributed by atoms with Crippen molar-refractivity contribution in [2.75, 3.05) is 0 Å². The van der Waals surface area contributed by atoms with E-state index in [1.165, 1.54) is 0 Å². The molecule has 1 saturated carbocycles. The molecule has 2 aromatic carbocycles. The molecule has 2 aromatic heterocycles. The second kappa shape index (κ2) is 7.52. The van der Waals surface area contributed by atoms with Crippen LogP contribution in [0.2, 0.25) is 0 Å². The SMILES string of the molecule is Cc1cccc2c1c(=O)nc(Cn1c(=O)n(C3CC3)c3ccccc31)n2CCC(C)C. The Labute approximate surface area is 180 Å². The highest BCUT2D eigenvalue weighted by Crippen LogP contribution is 2.36. The molecule has 0 radical (unpaired) electrons. The third-order valence-electron chi connectivity index (χ3n) is 6.31. The molecule has 0 aliphatic heterocycles. The van der Waals surface area contributed by atoms with E-state index < -0.39 is 0 Å². The molecule has 160 valence electrons. The van der Waals surface area contributed by atoms with Crippen LogP contribution in [0.25, 0.3) is 21.9 Å². The molecule has 0 unspecified atom stereocenters. The summed E-state index contributed by atoms with van der Waals surface area (Å²) >= 11 is 0. The Morgan fingerprint density at radius 1 is 0.968 bits per heavy atom. The smallest absolute Gasteiger partial charge is 0.327 e. The zero-order chi connectivity index (χ0) is 21.7. The fraction of sp³-hybridized carbons (Fsp3) is 0.400. The van der Waals surface area contributed by atoms with E-state index in [0.29, 0.717) is 17.1 Å². The monoisotopic (exact) mass is 416 g/mol. The van der Waals surface area contributed by atoms with Crippen LogP contribution in [0.5, 0.6) is 0 Å². The number of hydrogen-bond acceptors (Lipinski definition) is 3. The summed E-state index contributed by atoms with van der Waals surface area (Å²) in [6.45, 7) is 7.38. The van der Waals surface area contributed by atoms with Crippen LogP contribution >= 0.6 is 0 Å². The average molecular weight is 417 g/mol. The third-order valence-corrected chi connectivity index (χ3v) is 6.31. The van der Waals surface area contributed by atoms with Gasteiger partial charge in [0.15, 0.2) is 0 Å². The highest BCUT2D eigenvalue weighted by Gasteiger charge is 2.29. The van der Waals surface area contributed by atoms with Gasteiger partial charge in [-0.05, 0) is 55.9 Å². The largest absolute Gasteiger partial charge is 0.329 e. The molecule has 0 saturated heterocycles. The second-order valence-electron chi connectivity index (χ2n) is 9.09. The summed E-state index contributed by atoms with van der Waals surface area (Å²) in [4.78, 5) is 30.8. The van der Waals surface area contributed by atoms with Crippen LogP contribution in [0, 0.1) is 12.8 Å². The van der Waals surface area contributed by atoms with Crippen molar-refractivity contribution in [2.45, 2.75) is 59.2 Å². The van der Waals surface area contributed by atoms with Gasteiger partial charge in [-0.15, -0.1) is 0 Å². The Morgan fingerprint density at radius 3 is 2.39 bits per heavy atom. The summed E-state index contributed by atoms with van der Waals surface area (Å²) in [6, 6.07) is 14.1. The fourth-order valence-electron chi connectivity index (χ4n) is 4.50. The molecule has 1 aliphatic carbocycles. The highest BCUT2D eigenvalue weighted by atomic mass is 16.2. The topological polar surface area (TPSA) is 61.8 Å². The van der Waals surface area contributed by atoms with Crippen molar-refractivity contribution in [3.05, 3.63) is 74.7 Å². The molecule has 1 aliphatic rings. The van der Waals surface area contributed by atoms with Gasteiger partial charge in [0.2, 0.25) is 0 Å². The molecule has 0 atom stereocenters. The van der Waals surface area contributed by atoms with Gasteiger partial charge in [-0.25, -0.2) is 4.79 Å². The average Bonchev–Trinajstić information content (AvgIpc) is 3.53. The van der Waals surface area contributed by atoms with Crippen molar-refractivity contribution in [3.8, 4) is 0 Å². The molecule has 4 aromatic rings. The lowest BCUT2D eigenvalue weighted by Crippen LogP contribution is -2.28. The summed E-state index contributed by atoms with van der Waals surface area (Å²) < 4.78 is 5.83. The molecule has 0 N–H and O–H groups in total. The van der Waals surface area contributed by atoms with E-state index in [2.05, 4.69) is 23.4 Å². The Balaban J connectivity index is 1.71. The molecule has 0 bridgehead atoms. The third kappa shape index (κ3) is 3.40. The van der Waals surface area contributed by atoms with Crippen LogP contribution in [-0.2, 0) is 13.1 Å². The van der Waals surface area contributed by atoms with Crippen molar-refractivity contribution >= 4 is 21.9 Å². The number of aryl methyl sites for hydroxylation is 2. The summed E-state index contributed by atoms with van der Waals surface area (Å²) in [5.41, 5.74) is 3.45. The summed E-state index contributed by atoms with van der Waals surface area (Å²) in [7, 11) is 0. The lowest BCUT2D eigenvalue weighted by molar-refractivity contribution is 0.500. The van der Waals surface area contributed by atoms with Crippen LogP contribution in [0.4, 0.5) is 0 Å². The maximum absolute atomic E-state index is 13.4. The summed E-state index contributed by atoms with van der Waals surface area (Å²) in [6.07, 6.45) is 3.06. The van der Waals surface area contributed by atoms with Gasteiger partial charge in [-0.1, -0.05) is 38.1 Å². The lowest BCUT2D eigenvalue weighted by atomic mass is 10.1. The molecule has 0 spiro atoms. The number of imidazole rings is 1. The number of rotatable bonds is 6. The quantitative estimate of drug-likeness (QED) is 0.472. The van der Waals surface area contributed by atoms with Crippen molar-refractivity contribution in [1.29, 1.82) is 0 Å². The first-order valence-electron chi connectivity index (χ1n) is 11.1.